The van der Waals surface area contributed by atoms with E-state index in [0.29, 0.717) is 23.4 Å². The molecule has 2 aromatic heterocycles. The highest BCUT2D eigenvalue weighted by molar-refractivity contribution is 5.99. The predicted molar refractivity (Wildman–Crippen MR) is 122 cm³/mol. The highest BCUT2D eigenvalue weighted by Gasteiger charge is 2.22. The minimum Gasteiger partial charge on any atom is -0.355 e. The molecule has 0 radical (unpaired) electrons. The number of para-hydroxylation sites is 1. The van der Waals surface area contributed by atoms with Crippen molar-refractivity contribution in [3.8, 4) is 16.9 Å². The molecule has 0 spiro atoms. The molecule has 0 unspecified atom stereocenters. The molecule has 0 aliphatic rings. The van der Waals surface area contributed by atoms with Crippen molar-refractivity contribution in [3.05, 3.63) is 102 Å². The zero-order valence-corrected chi connectivity index (χ0v) is 17.9. The normalized spacial score (nSPS) is 10.6. The number of hydrogen-bond acceptors (Lipinski definition) is 4. The first kappa shape index (κ1) is 21.0. The fraction of sp³-hybridized carbons (Fsp3) is 0.120. The minimum atomic E-state index is -0.151. The topological polar surface area (TPSA) is 80.1 Å². The van der Waals surface area contributed by atoms with Crippen LogP contribution in [0.25, 0.3) is 16.9 Å². The molecule has 32 heavy (non-hydrogen) atoms. The number of hydrogen-bond donors (Lipinski definition) is 1. The monoisotopic (exact) mass is 425 g/mol. The summed E-state index contributed by atoms with van der Waals surface area (Å²) in [6, 6.07) is 20.6. The highest BCUT2D eigenvalue weighted by Crippen LogP contribution is 2.24. The predicted octanol–water partition coefficient (Wildman–Crippen LogP) is 3.57. The van der Waals surface area contributed by atoms with Crippen LogP contribution in [0.2, 0.25) is 0 Å². The molecule has 1 N–H and O–H groups in total. The smallest absolute Gasteiger partial charge is 0.257 e. The average Bonchev–Trinajstić information content (AvgIpc) is 3.30. The van der Waals surface area contributed by atoms with Gasteiger partial charge in [-0.3, -0.25) is 14.6 Å². The molecule has 0 bridgehead atoms. The maximum atomic E-state index is 13.4. The number of benzene rings is 2. The van der Waals surface area contributed by atoms with E-state index >= 15 is 0 Å². The zero-order chi connectivity index (χ0) is 22.5. The van der Waals surface area contributed by atoms with E-state index in [-0.39, 0.29) is 11.8 Å². The fourth-order valence-electron chi connectivity index (χ4n) is 3.42. The molecular formula is C25H23N5O2. The van der Waals surface area contributed by atoms with Gasteiger partial charge in [0.25, 0.3) is 11.8 Å². The van der Waals surface area contributed by atoms with Crippen molar-refractivity contribution in [1.82, 2.24) is 25.0 Å². The third-order valence-electron chi connectivity index (χ3n) is 5.11. The Labute approximate surface area is 186 Å². The van der Waals surface area contributed by atoms with E-state index in [1.807, 2.05) is 54.6 Å². The number of carbonyl (C=O) groups is 2. The van der Waals surface area contributed by atoms with E-state index < -0.39 is 0 Å². The molecule has 7 nitrogen and oxygen atoms in total. The summed E-state index contributed by atoms with van der Waals surface area (Å²) < 4.78 is 1.71. The van der Waals surface area contributed by atoms with Crippen LogP contribution in [0.15, 0.2) is 85.3 Å². The summed E-state index contributed by atoms with van der Waals surface area (Å²) >= 11 is 0. The van der Waals surface area contributed by atoms with E-state index in [0.717, 1.165) is 16.8 Å². The van der Waals surface area contributed by atoms with Crippen LogP contribution in [0, 0.1) is 0 Å². The van der Waals surface area contributed by atoms with Gasteiger partial charge in [-0.25, -0.2) is 4.68 Å². The van der Waals surface area contributed by atoms with Crippen LogP contribution >= 0.6 is 0 Å². The van der Waals surface area contributed by atoms with Crippen LogP contribution < -0.4 is 5.32 Å². The van der Waals surface area contributed by atoms with E-state index in [4.69, 9.17) is 0 Å². The van der Waals surface area contributed by atoms with E-state index in [1.54, 1.807) is 54.4 Å². The van der Waals surface area contributed by atoms with E-state index in [1.165, 1.54) is 0 Å². The van der Waals surface area contributed by atoms with E-state index in [9.17, 15) is 9.59 Å². The average molecular weight is 425 g/mol. The van der Waals surface area contributed by atoms with Gasteiger partial charge < -0.3 is 10.2 Å². The number of carbonyl (C=O) groups excluding carboxylic acids is 2. The number of pyridine rings is 1. The minimum absolute atomic E-state index is 0.143. The standard InChI is InChI=1S/C25H23N5O2/c1-26-24(31)19-12-10-18(11-13-19)16-29(2)25(32)22-17-30(21-8-4-3-5-9-21)28-23(22)20-7-6-14-27-15-20/h3-15,17H,16H2,1-2H3,(H,26,31). The van der Waals surface area contributed by atoms with Gasteiger partial charge in [0.05, 0.1) is 11.3 Å². The van der Waals surface area contributed by atoms with Gasteiger partial charge in [-0.15, -0.1) is 0 Å². The van der Waals surface area contributed by atoms with Gasteiger partial charge in [0.2, 0.25) is 0 Å². The van der Waals surface area contributed by atoms with Crippen molar-refractivity contribution in [3.63, 3.8) is 0 Å². The summed E-state index contributed by atoms with van der Waals surface area (Å²) in [6.45, 7) is 0.399. The van der Waals surface area contributed by atoms with Gasteiger partial charge in [0.15, 0.2) is 0 Å². The molecule has 2 aromatic carbocycles. The van der Waals surface area contributed by atoms with Crippen LogP contribution in [0.4, 0.5) is 0 Å². The van der Waals surface area contributed by atoms with Crippen LogP contribution in [-0.2, 0) is 6.54 Å². The molecule has 0 fully saturated rings. The zero-order valence-electron chi connectivity index (χ0n) is 17.9. The van der Waals surface area contributed by atoms with Crippen molar-refractivity contribution >= 4 is 11.8 Å². The van der Waals surface area contributed by atoms with Crippen LogP contribution in [-0.4, -0.2) is 45.6 Å². The molecule has 7 heteroatoms. The number of amides is 2. The molecule has 4 aromatic rings. The molecule has 160 valence electrons. The maximum absolute atomic E-state index is 13.4. The van der Waals surface area contributed by atoms with Crippen molar-refractivity contribution in [2.45, 2.75) is 6.54 Å². The first-order chi connectivity index (χ1) is 15.6. The molecule has 0 aliphatic carbocycles. The second-order valence-electron chi connectivity index (χ2n) is 7.35. The summed E-state index contributed by atoms with van der Waals surface area (Å²) in [5.41, 5.74) is 4.21. The number of aromatic nitrogens is 3. The Morgan fingerprint density at radius 3 is 2.41 bits per heavy atom. The van der Waals surface area contributed by atoms with Crippen molar-refractivity contribution in [2.24, 2.45) is 0 Å². The molecule has 2 heterocycles. The lowest BCUT2D eigenvalue weighted by molar-refractivity contribution is 0.0785. The molecule has 0 aliphatic heterocycles. The van der Waals surface area contributed by atoms with Crippen LogP contribution in [0.1, 0.15) is 26.3 Å². The second kappa shape index (κ2) is 9.26. The second-order valence-corrected chi connectivity index (χ2v) is 7.35. The number of nitrogens with one attached hydrogen (secondary N) is 1. The van der Waals surface area contributed by atoms with Crippen LogP contribution in [0.5, 0.6) is 0 Å². The first-order valence-corrected chi connectivity index (χ1v) is 10.2. The Balaban J connectivity index is 1.63. The van der Waals surface area contributed by atoms with Gasteiger partial charge in [-0.1, -0.05) is 30.3 Å². The lowest BCUT2D eigenvalue weighted by Gasteiger charge is -2.17. The fourth-order valence-corrected chi connectivity index (χ4v) is 3.42. The van der Waals surface area contributed by atoms with Crippen LogP contribution in [0.3, 0.4) is 0 Å². The van der Waals surface area contributed by atoms with Gasteiger partial charge in [-0.05, 0) is 42.0 Å². The third kappa shape index (κ3) is 4.41. The Morgan fingerprint density at radius 2 is 1.75 bits per heavy atom. The summed E-state index contributed by atoms with van der Waals surface area (Å²) in [5.74, 6) is -0.295. The lowest BCUT2D eigenvalue weighted by Crippen LogP contribution is -2.26. The van der Waals surface area contributed by atoms with Gasteiger partial charge in [0.1, 0.15) is 5.69 Å². The third-order valence-corrected chi connectivity index (χ3v) is 5.11. The highest BCUT2D eigenvalue weighted by atomic mass is 16.2. The van der Waals surface area contributed by atoms with Crippen molar-refractivity contribution in [1.29, 1.82) is 0 Å². The Morgan fingerprint density at radius 1 is 1.00 bits per heavy atom. The molecular weight excluding hydrogens is 402 g/mol. The summed E-state index contributed by atoms with van der Waals surface area (Å²) in [7, 11) is 3.35. The van der Waals surface area contributed by atoms with Gasteiger partial charge in [-0.2, -0.15) is 5.10 Å². The van der Waals surface area contributed by atoms with Gasteiger partial charge in [0, 0.05) is 50.4 Å². The Bertz CT molecular complexity index is 1220. The summed E-state index contributed by atoms with van der Waals surface area (Å²) in [6.07, 6.45) is 5.14. The quantitative estimate of drug-likeness (QED) is 0.512. The molecule has 4 rings (SSSR count). The molecule has 0 saturated carbocycles. The van der Waals surface area contributed by atoms with Gasteiger partial charge >= 0.3 is 0 Å². The Kier molecular flexibility index (Phi) is 6.07. The maximum Gasteiger partial charge on any atom is 0.257 e. The first-order valence-electron chi connectivity index (χ1n) is 10.2. The SMILES string of the molecule is CNC(=O)c1ccc(CN(C)C(=O)c2cn(-c3ccccc3)nc2-c2cccnc2)cc1. The lowest BCUT2D eigenvalue weighted by atomic mass is 10.1. The summed E-state index contributed by atoms with van der Waals surface area (Å²) in [5, 5.41) is 7.29. The molecule has 2 amide bonds. The van der Waals surface area contributed by atoms with Crippen molar-refractivity contribution < 1.29 is 9.59 Å². The largest absolute Gasteiger partial charge is 0.355 e. The molecule has 0 atom stereocenters. The molecule has 0 saturated heterocycles. The van der Waals surface area contributed by atoms with E-state index in [2.05, 4.69) is 15.4 Å². The number of nitrogens with zero attached hydrogens (tertiary/aromatic N) is 4. The Hall–Kier alpha value is -4.26. The van der Waals surface area contributed by atoms with Crippen molar-refractivity contribution in [2.75, 3.05) is 14.1 Å². The number of rotatable bonds is 6. The summed E-state index contributed by atoms with van der Waals surface area (Å²) in [4.78, 5) is 31.0.